The second-order valence-electron chi connectivity index (χ2n) is 3.65. The van der Waals surface area contributed by atoms with Gasteiger partial charge in [-0.1, -0.05) is 23.7 Å². The monoisotopic (exact) mass is 262 g/mol. The molecule has 0 bridgehead atoms. The molecule has 0 atom stereocenters. The number of carbonyl (C=O) groups excluding carboxylic acids is 1. The van der Waals surface area contributed by atoms with Crippen molar-refractivity contribution in [2.45, 2.75) is 6.92 Å². The number of rotatable bonds is 2. The lowest BCUT2D eigenvalue weighted by Gasteiger charge is -1.98. The maximum absolute atomic E-state index is 10.0. The molecule has 0 radical (unpaired) electrons. The number of nitrogens with zero attached hydrogens (tertiary/aromatic N) is 1. The highest BCUT2D eigenvalue weighted by Crippen LogP contribution is 2.07. The van der Waals surface area contributed by atoms with Gasteiger partial charge in [0.25, 0.3) is 0 Å². The fourth-order valence-electron chi connectivity index (χ4n) is 1.26. The lowest BCUT2D eigenvalue weighted by molar-refractivity contribution is 0.112. The lowest BCUT2D eigenvalue weighted by Crippen LogP contribution is -1.86. The number of aldehydes is 1. The van der Waals surface area contributed by atoms with Crippen LogP contribution in [0, 0.1) is 6.92 Å². The highest BCUT2D eigenvalue weighted by atomic mass is 35.5. The smallest absolute Gasteiger partial charge is 0.151 e. The van der Waals surface area contributed by atoms with Crippen LogP contribution >= 0.6 is 11.6 Å². The first-order valence-corrected chi connectivity index (χ1v) is 5.84. The average molecular weight is 263 g/mol. The molecule has 18 heavy (non-hydrogen) atoms. The number of nitrogens with one attached hydrogen (secondary N) is 1. The summed E-state index contributed by atoms with van der Waals surface area (Å²) in [6.07, 6.45) is 2.15. The molecule has 0 aliphatic heterocycles. The minimum Gasteiger partial charge on any atom is -0.388 e. The molecule has 0 aliphatic carbocycles. The van der Waals surface area contributed by atoms with Crippen molar-refractivity contribution in [1.29, 1.82) is 0 Å². The third kappa shape index (κ3) is 4.97. The minimum atomic E-state index is 0.403. The van der Waals surface area contributed by atoms with E-state index in [1.54, 1.807) is 12.1 Å². The number of aryl methyl sites for hydroxylation is 1. The van der Waals surface area contributed by atoms with E-state index >= 15 is 0 Å². The van der Waals surface area contributed by atoms with Crippen LogP contribution < -0.4 is 5.32 Å². The number of hydrogen-bond donors (Lipinski definition) is 1. The number of carbonyl (C=O) groups is 1. The van der Waals surface area contributed by atoms with Gasteiger partial charge >= 0.3 is 0 Å². The summed E-state index contributed by atoms with van der Waals surface area (Å²) in [5, 5.41) is 3.47. The summed E-state index contributed by atoms with van der Waals surface area (Å²) in [6, 6.07) is 11.5. The largest absolute Gasteiger partial charge is 0.388 e. The zero-order valence-corrected chi connectivity index (χ0v) is 11.1. The Morgan fingerprint density at radius 3 is 2.50 bits per heavy atom. The van der Waals surface area contributed by atoms with E-state index in [0.717, 1.165) is 6.29 Å². The topological polar surface area (TPSA) is 42.0 Å². The summed E-state index contributed by atoms with van der Waals surface area (Å²) in [7, 11) is 1.93. The highest BCUT2D eigenvalue weighted by molar-refractivity contribution is 6.29. The first kappa shape index (κ1) is 14.2. The van der Waals surface area contributed by atoms with E-state index in [-0.39, 0.29) is 0 Å². The second-order valence-corrected chi connectivity index (χ2v) is 4.04. The van der Waals surface area contributed by atoms with Gasteiger partial charge in [0.15, 0.2) is 6.29 Å². The van der Waals surface area contributed by atoms with Gasteiger partial charge in [0.1, 0.15) is 5.15 Å². The second kappa shape index (κ2) is 7.45. The quantitative estimate of drug-likeness (QED) is 0.664. The molecule has 0 saturated heterocycles. The van der Waals surface area contributed by atoms with Crippen LogP contribution in [0.3, 0.4) is 0 Å². The van der Waals surface area contributed by atoms with E-state index in [0.29, 0.717) is 10.7 Å². The number of pyridine rings is 1. The molecule has 3 nitrogen and oxygen atoms in total. The summed E-state index contributed by atoms with van der Waals surface area (Å²) in [6.45, 7) is 2.08. The molecule has 1 N–H and O–H groups in total. The zero-order chi connectivity index (χ0) is 13.4. The molecular weight excluding hydrogens is 248 g/mol. The molecule has 1 aromatic carbocycles. The number of aromatic nitrogens is 1. The van der Waals surface area contributed by atoms with Crippen molar-refractivity contribution in [3.05, 3.63) is 58.9 Å². The Bertz CT molecular complexity index is 497. The first-order chi connectivity index (χ1) is 8.65. The zero-order valence-electron chi connectivity index (χ0n) is 10.4. The van der Waals surface area contributed by atoms with Crippen LogP contribution in [0.5, 0.6) is 0 Å². The average Bonchev–Trinajstić information content (AvgIpc) is 2.40. The fourth-order valence-corrected chi connectivity index (χ4v) is 1.37. The van der Waals surface area contributed by atoms with Crippen molar-refractivity contribution in [3.63, 3.8) is 0 Å². The number of benzene rings is 1. The molecule has 1 aromatic heterocycles. The Labute approximate surface area is 112 Å². The molecular formula is C14H15ClN2O. The predicted molar refractivity (Wildman–Crippen MR) is 75.4 cm³/mol. The summed E-state index contributed by atoms with van der Waals surface area (Å²) >= 11 is 5.44. The van der Waals surface area contributed by atoms with Gasteiger partial charge in [-0.3, -0.25) is 4.79 Å². The highest BCUT2D eigenvalue weighted by Gasteiger charge is 1.88. The summed E-state index contributed by atoms with van der Waals surface area (Å²) < 4.78 is 0. The predicted octanol–water partition coefficient (Wildman–Crippen LogP) is 3.58. The molecule has 0 spiro atoms. The Morgan fingerprint density at radius 2 is 2.06 bits per heavy atom. The maximum atomic E-state index is 10.0. The third-order valence-corrected chi connectivity index (χ3v) is 2.42. The Morgan fingerprint density at radius 1 is 1.28 bits per heavy atom. The van der Waals surface area contributed by atoms with Crippen molar-refractivity contribution < 1.29 is 4.79 Å². The van der Waals surface area contributed by atoms with Gasteiger partial charge < -0.3 is 5.32 Å². The molecule has 0 unspecified atom stereocenters. The van der Waals surface area contributed by atoms with Crippen LogP contribution in [-0.2, 0) is 0 Å². The van der Waals surface area contributed by atoms with Crippen LogP contribution in [0.25, 0.3) is 0 Å². The lowest BCUT2D eigenvalue weighted by atomic mass is 10.2. The normalized spacial score (nSPS) is 9.06. The van der Waals surface area contributed by atoms with Crippen LogP contribution in [0.15, 0.2) is 42.6 Å². The first-order valence-electron chi connectivity index (χ1n) is 5.47. The molecule has 0 fully saturated rings. The van der Waals surface area contributed by atoms with E-state index in [9.17, 15) is 4.79 Å². The minimum absolute atomic E-state index is 0.403. The van der Waals surface area contributed by atoms with Gasteiger partial charge in [-0.25, -0.2) is 4.98 Å². The maximum Gasteiger partial charge on any atom is 0.151 e. The molecule has 0 amide bonds. The van der Waals surface area contributed by atoms with Crippen molar-refractivity contribution in [1.82, 2.24) is 4.98 Å². The van der Waals surface area contributed by atoms with Gasteiger partial charge in [0, 0.05) is 24.5 Å². The molecule has 1 heterocycles. The van der Waals surface area contributed by atoms with Crippen LogP contribution in [0.2, 0.25) is 5.15 Å². The number of anilines is 1. The summed E-state index contributed by atoms with van der Waals surface area (Å²) in [5.74, 6) is 0. The SMILES string of the molecule is CNc1cccc(C)c1.O=Cc1ccc(Cl)nc1. The molecule has 0 aliphatic rings. The number of halogens is 1. The van der Waals surface area contributed by atoms with E-state index in [4.69, 9.17) is 11.6 Å². The van der Waals surface area contributed by atoms with Crippen molar-refractivity contribution in [2.75, 3.05) is 12.4 Å². The van der Waals surface area contributed by atoms with E-state index in [1.165, 1.54) is 17.4 Å². The summed E-state index contributed by atoms with van der Waals surface area (Å²) in [5.41, 5.74) is 3.01. The van der Waals surface area contributed by atoms with Gasteiger partial charge in [-0.05, 0) is 36.8 Å². The van der Waals surface area contributed by atoms with Crippen molar-refractivity contribution in [3.8, 4) is 0 Å². The van der Waals surface area contributed by atoms with E-state index in [2.05, 4.69) is 29.4 Å². The van der Waals surface area contributed by atoms with Crippen LogP contribution in [0.1, 0.15) is 15.9 Å². The van der Waals surface area contributed by atoms with Gasteiger partial charge in [-0.2, -0.15) is 0 Å². The van der Waals surface area contributed by atoms with Gasteiger partial charge in [0.2, 0.25) is 0 Å². The van der Waals surface area contributed by atoms with Gasteiger partial charge in [-0.15, -0.1) is 0 Å². The number of hydrogen-bond acceptors (Lipinski definition) is 3. The fraction of sp³-hybridized carbons (Fsp3) is 0.143. The molecule has 94 valence electrons. The Kier molecular flexibility index (Phi) is 5.88. The standard InChI is InChI=1S/C8H11N.C6H4ClNO/c1-7-4-3-5-8(6-7)9-2;7-6-2-1-5(4-9)3-8-6/h3-6,9H,1-2H3;1-4H. The van der Waals surface area contributed by atoms with Crippen LogP contribution in [-0.4, -0.2) is 18.3 Å². The van der Waals surface area contributed by atoms with Crippen molar-refractivity contribution >= 4 is 23.6 Å². The van der Waals surface area contributed by atoms with E-state index in [1.807, 2.05) is 19.2 Å². The van der Waals surface area contributed by atoms with Gasteiger partial charge in [0.05, 0.1) is 0 Å². The van der Waals surface area contributed by atoms with Crippen LogP contribution in [0.4, 0.5) is 5.69 Å². The van der Waals surface area contributed by atoms with Crippen molar-refractivity contribution in [2.24, 2.45) is 0 Å². The molecule has 0 saturated carbocycles. The third-order valence-electron chi connectivity index (χ3n) is 2.19. The molecule has 2 rings (SSSR count). The summed E-state index contributed by atoms with van der Waals surface area (Å²) in [4.78, 5) is 13.7. The van der Waals surface area contributed by atoms with E-state index < -0.39 is 0 Å². The molecule has 4 heteroatoms. The molecule has 2 aromatic rings. The Hall–Kier alpha value is -1.87. The Balaban J connectivity index is 0.000000180.